The first-order valence-corrected chi connectivity index (χ1v) is 2.10. The summed E-state index contributed by atoms with van der Waals surface area (Å²) in [7, 11) is -4.67. The van der Waals surface area contributed by atoms with Crippen molar-refractivity contribution in [1.29, 1.82) is 0 Å². The second-order valence-electron chi connectivity index (χ2n) is 0.448. The van der Waals surface area contributed by atoms with E-state index >= 15 is 0 Å². The van der Waals surface area contributed by atoms with Crippen LogP contribution in [0.25, 0.3) is 24.6 Å². The summed E-state index contributed by atoms with van der Waals surface area (Å²) in [5.41, 5.74) is 0. The minimum absolute atomic E-state index is 0. The smallest absolute Gasteiger partial charge is 0.394 e. The van der Waals surface area contributed by atoms with E-state index in [2.05, 4.69) is 0 Å². The second-order valence-corrected chi connectivity index (χ2v) is 1.34. The van der Waals surface area contributed by atoms with Crippen molar-refractivity contribution in [3.63, 3.8) is 0 Å². The number of hydrogen-bond donors (Lipinski definition) is 2. The molecule has 0 aromatic carbocycles. The Morgan fingerprint density at radius 2 is 0.818 bits per heavy atom. The van der Waals surface area contributed by atoms with E-state index in [1.54, 1.807) is 0 Å². The normalized spacial score (nSPS) is 5.27. The fraction of sp³-hybridized carbons (Fsp3) is 0. The average molecular weight is 239 g/mol. The van der Waals surface area contributed by atoms with Crippen LogP contribution in [0.4, 0.5) is 0 Å². The molecule has 0 aliphatic rings. The van der Waals surface area contributed by atoms with Gasteiger partial charge in [-0.25, -0.2) is 0 Å². The van der Waals surface area contributed by atoms with E-state index in [4.69, 9.17) is 17.5 Å². The molecule has 0 saturated carbocycles. The molecule has 0 atom stereocenters. The largest absolute Gasteiger partial charge is 0.693 e. The van der Waals surface area contributed by atoms with Gasteiger partial charge >= 0.3 is 10.4 Å². The van der Waals surface area contributed by atoms with Crippen LogP contribution in [-0.2, 0) is 27.2 Å². The quantitative estimate of drug-likeness (QED) is 0.594. The fourth-order valence-electron chi connectivity index (χ4n) is 0. The maximum atomic E-state index is 8.74. The van der Waals surface area contributed by atoms with Gasteiger partial charge in [0.1, 0.15) is 0 Å². The molecular weight excluding hydrogens is 227 g/mol. The third-order valence-electron chi connectivity index (χ3n) is 0. The van der Waals surface area contributed by atoms with Gasteiger partial charge < -0.3 is 30.1 Å². The molecule has 11 heavy (non-hydrogen) atoms. The van der Waals surface area contributed by atoms with Crippen molar-refractivity contribution in [2.75, 3.05) is 0 Å². The number of rotatable bonds is 0. The molecule has 81 valence electrons. The van der Waals surface area contributed by atoms with Gasteiger partial charge in [0.2, 0.25) is 0 Å². The summed E-state index contributed by atoms with van der Waals surface area (Å²) in [5.74, 6) is 0. The molecule has 0 bridgehead atoms. The molecule has 0 aliphatic heterocycles. The van der Waals surface area contributed by atoms with E-state index < -0.39 is 10.4 Å². The van der Waals surface area contributed by atoms with Crippen molar-refractivity contribution in [2.24, 2.45) is 0 Å². The molecule has 0 aromatic rings. The molecule has 0 aliphatic carbocycles. The van der Waals surface area contributed by atoms with Gasteiger partial charge in [0.25, 0.3) is 0 Å². The van der Waals surface area contributed by atoms with E-state index in [1.165, 1.54) is 0 Å². The van der Waals surface area contributed by atoms with Crippen molar-refractivity contribution in [3.8, 4) is 0 Å². The average Bonchev–Trinajstić information content (AvgIpc) is 0.722. The van der Waals surface area contributed by atoms with Gasteiger partial charge in [-0.05, 0) is 0 Å². The Bertz CT molecular complexity index is 102. The van der Waals surface area contributed by atoms with E-state index in [0.717, 1.165) is 0 Å². The Morgan fingerprint density at radius 1 is 0.818 bits per heavy atom. The predicted octanol–water partition coefficient (Wildman–Crippen LogP) is 1.39. The number of hydrogen-bond acceptors (Lipinski definition) is 2. The van der Waals surface area contributed by atoms with Crippen molar-refractivity contribution >= 4 is 10.4 Å². The number of nitrogens with two attached hydrogens (primary N) is 4. The van der Waals surface area contributed by atoms with Gasteiger partial charge in [-0.3, -0.25) is 9.11 Å². The molecule has 0 spiro atoms. The van der Waals surface area contributed by atoms with Gasteiger partial charge in [0.05, 0.1) is 0 Å². The first kappa shape index (κ1) is 66.4. The minimum atomic E-state index is -4.67. The zero-order chi connectivity index (χ0) is 4.50. The van der Waals surface area contributed by atoms with Crippen LogP contribution in [0.15, 0.2) is 0 Å². The molecule has 0 amide bonds. The van der Waals surface area contributed by atoms with Crippen molar-refractivity contribution < 1.29 is 39.8 Å². The molecule has 0 heterocycles. The fourth-order valence-corrected chi connectivity index (χ4v) is 0. The van der Waals surface area contributed by atoms with Crippen LogP contribution in [-0.4, -0.2) is 23.0 Å². The molecule has 0 aromatic heterocycles. The summed E-state index contributed by atoms with van der Waals surface area (Å²) in [6, 6.07) is 0. The summed E-state index contributed by atoms with van der Waals surface area (Å²) < 4.78 is 31.6. The van der Waals surface area contributed by atoms with E-state index in [0.29, 0.717) is 0 Å². The predicted molar refractivity (Wildman–Crippen MR) is 38.9 cm³/mol. The Kier molecular flexibility index (Phi) is 136. The molecule has 0 rings (SSSR count). The molecule has 9 nitrogen and oxygen atoms in total. The first-order valence-electron chi connectivity index (χ1n) is 0.698. The van der Waals surface area contributed by atoms with Crippen molar-refractivity contribution in [3.05, 3.63) is 24.6 Å². The Hall–Kier alpha value is 0.176. The summed E-state index contributed by atoms with van der Waals surface area (Å²) in [6.07, 6.45) is 0. The zero-order valence-corrected chi connectivity index (χ0v) is 7.12. The standard InChI is InChI=1S/Co.4H2N.H2O4S.H2O/c;;;;;1-5(2,3)4;/h;4*1H2;(H2,1,2,3,4);1H2/q;4*-1;;. The maximum absolute atomic E-state index is 8.74. The molecule has 1 radical (unpaired) electrons. The SMILES string of the molecule is O.O=S(=O)(O)O.[Co].[NH2-].[NH2-].[NH2-].[NH2-]. The Morgan fingerprint density at radius 3 is 0.818 bits per heavy atom. The van der Waals surface area contributed by atoms with Gasteiger partial charge in [0.15, 0.2) is 0 Å². The van der Waals surface area contributed by atoms with Gasteiger partial charge in [-0.1, -0.05) is 0 Å². The van der Waals surface area contributed by atoms with Crippen LogP contribution < -0.4 is 0 Å². The van der Waals surface area contributed by atoms with E-state index in [-0.39, 0.29) is 46.9 Å². The molecule has 12 N–H and O–H groups in total. The Balaban J connectivity index is -0.00000000533. The zero-order valence-electron chi connectivity index (χ0n) is 5.26. The summed E-state index contributed by atoms with van der Waals surface area (Å²) in [5, 5.41) is 0. The van der Waals surface area contributed by atoms with Crippen LogP contribution >= 0.6 is 0 Å². The molecule has 11 heteroatoms. The molecular formula is H12CoN4O5S-4. The van der Waals surface area contributed by atoms with Crippen molar-refractivity contribution in [1.82, 2.24) is 0 Å². The van der Waals surface area contributed by atoms with E-state index in [9.17, 15) is 0 Å². The van der Waals surface area contributed by atoms with Crippen molar-refractivity contribution in [2.45, 2.75) is 0 Å². The van der Waals surface area contributed by atoms with Gasteiger partial charge in [0, 0.05) is 16.8 Å². The maximum Gasteiger partial charge on any atom is 0.394 e. The third-order valence-corrected chi connectivity index (χ3v) is 0. The summed E-state index contributed by atoms with van der Waals surface area (Å²) in [4.78, 5) is 0. The monoisotopic (exact) mass is 239 g/mol. The molecule has 0 unspecified atom stereocenters. The first-order chi connectivity index (χ1) is 2.00. The molecule has 0 saturated heterocycles. The molecule has 0 fully saturated rings. The summed E-state index contributed by atoms with van der Waals surface area (Å²) in [6.45, 7) is 0. The van der Waals surface area contributed by atoms with Gasteiger partial charge in [-0.2, -0.15) is 8.42 Å². The summed E-state index contributed by atoms with van der Waals surface area (Å²) >= 11 is 0. The van der Waals surface area contributed by atoms with Crippen LogP contribution in [0.1, 0.15) is 0 Å². The third kappa shape index (κ3) is 21800. The van der Waals surface area contributed by atoms with Gasteiger partial charge in [-0.15, -0.1) is 0 Å². The minimum Gasteiger partial charge on any atom is -0.693 e. The van der Waals surface area contributed by atoms with Crippen LogP contribution in [0, 0.1) is 0 Å². The van der Waals surface area contributed by atoms with Crippen LogP contribution in [0.3, 0.4) is 0 Å². The van der Waals surface area contributed by atoms with E-state index in [1.807, 2.05) is 0 Å². The second kappa shape index (κ2) is 22.5. The van der Waals surface area contributed by atoms with Crippen LogP contribution in [0.5, 0.6) is 0 Å². The topological polar surface area (TPSA) is 240 Å². The van der Waals surface area contributed by atoms with Crippen LogP contribution in [0.2, 0.25) is 0 Å². The Labute approximate surface area is 75.3 Å².